The molecule has 0 atom stereocenters. The molecule has 0 aliphatic heterocycles. The zero-order valence-corrected chi connectivity index (χ0v) is 16.1. The molecular formula is C16H17CrNO4Se. The summed E-state index contributed by atoms with van der Waals surface area (Å²) in [5, 5.41) is 0. The molecule has 1 aromatic carbocycles. The van der Waals surface area contributed by atoms with Crippen molar-refractivity contribution in [3.8, 4) is 4.81 Å². The summed E-state index contributed by atoms with van der Waals surface area (Å²) in [6, 6.07) is 8.31. The van der Waals surface area contributed by atoms with E-state index in [0.29, 0.717) is 0 Å². The Hall–Kier alpha value is -1.03. The summed E-state index contributed by atoms with van der Waals surface area (Å²) in [6.07, 6.45) is 0. The SMILES string of the molecule is CCN([C]#[Cr])CC.Cc1ccc([Se])cc1.[C-]#[O+].[C-]#[O+].[C-]#[O+].[C-]#[O+]. The molecule has 23 heavy (non-hydrogen) atoms. The van der Waals surface area contributed by atoms with Crippen LogP contribution in [0.25, 0.3) is 0 Å². The van der Waals surface area contributed by atoms with Crippen LogP contribution in [0.1, 0.15) is 19.4 Å². The van der Waals surface area contributed by atoms with Gasteiger partial charge in [-0.15, -0.1) is 0 Å². The Bertz CT molecular complexity index is 412. The molecule has 1 radical (unpaired) electrons. The van der Waals surface area contributed by atoms with Crippen LogP contribution in [0.5, 0.6) is 0 Å². The standard InChI is InChI=1S/C7H7Se.C5H10N.4CO.Cr/c1-6-2-4-7(8)5-3-6;1-4-6(3)5-2;4*1-2;/h2-5H,1H3;4-5H2,1-2H3;;;;;. The van der Waals surface area contributed by atoms with Crippen molar-refractivity contribution in [2.24, 2.45) is 0 Å². The van der Waals surface area contributed by atoms with E-state index in [1.165, 1.54) is 10.0 Å². The van der Waals surface area contributed by atoms with Crippen LogP contribution < -0.4 is 4.46 Å². The van der Waals surface area contributed by atoms with Gasteiger partial charge in [0, 0.05) is 0 Å². The molecule has 122 valence electrons. The molecular weight excluding hydrogens is 401 g/mol. The third-order valence-electron chi connectivity index (χ3n) is 1.91. The van der Waals surface area contributed by atoms with Crippen LogP contribution in [0, 0.1) is 38.3 Å². The summed E-state index contributed by atoms with van der Waals surface area (Å²) in [5.74, 6) is 0. The Morgan fingerprint density at radius 1 is 0.913 bits per heavy atom. The van der Waals surface area contributed by atoms with E-state index >= 15 is 0 Å². The maximum absolute atomic E-state index is 7.50. The molecule has 7 heteroatoms. The summed E-state index contributed by atoms with van der Waals surface area (Å²) in [4.78, 5) is 4.98. The summed E-state index contributed by atoms with van der Waals surface area (Å²) in [6.45, 7) is 26.4. The number of aryl methyl sites for hydroxylation is 1. The maximum atomic E-state index is 7.50. The van der Waals surface area contributed by atoms with Crippen LogP contribution in [0.3, 0.4) is 0 Å². The van der Waals surface area contributed by atoms with Crippen molar-refractivity contribution in [3.05, 3.63) is 56.4 Å². The Morgan fingerprint density at radius 2 is 1.22 bits per heavy atom. The van der Waals surface area contributed by atoms with Crippen molar-refractivity contribution in [2.75, 3.05) is 13.1 Å². The number of rotatable bonds is 2. The predicted molar refractivity (Wildman–Crippen MR) is 79.1 cm³/mol. The molecule has 0 N–H and O–H groups in total. The van der Waals surface area contributed by atoms with Crippen molar-refractivity contribution < 1.29 is 34.3 Å². The fourth-order valence-electron chi connectivity index (χ4n) is 0.891. The van der Waals surface area contributed by atoms with E-state index in [1.54, 1.807) is 0 Å². The van der Waals surface area contributed by atoms with E-state index < -0.39 is 0 Å². The van der Waals surface area contributed by atoms with Gasteiger partial charge in [-0.3, -0.25) is 0 Å². The summed E-state index contributed by atoms with van der Waals surface area (Å²) < 4.78 is 31.2. The van der Waals surface area contributed by atoms with Gasteiger partial charge in [-0.2, -0.15) is 0 Å². The molecule has 0 bridgehead atoms. The van der Waals surface area contributed by atoms with E-state index in [0.717, 1.165) is 13.1 Å². The first-order chi connectivity index (χ1) is 11.1. The van der Waals surface area contributed by atoms with Crippen LogP contribution in [0.2, 0.25) is 0 Å². The van der Waals surface area contributed by atoms with Gasteiger partial charge in [0.2, 0.25) is 0 Å². The third kappa shape index (κ3) is 33.7. The summed E-state index contributed by atoms with van der Waals surface area (Å²) in [7, 11) is 0. The fraction of sp³-hybridized carbons (Fsp3) is 0.312. The molecule has 0 saturated carbocycles. The molecule has 0 fully saturated rings. The van der Waals surface area contributed by atoms with Gasteiger partial charge in [0.25, 0.3) is 0 Å². The predicted octanol–water partition coefficient (Wildman–Crippen LogP) is 1.43. The number of hydrogen-bond acceptors (Lipinski definition) is 1. The van der Waals surface area contributed by atoms with Crippen molar-refractivity contribution in [1.29, 1.82) is 0 Å². The van der Waals surface area contributed by atoms with Gasteiger partial charge in [0.15, 0.2) is 0 Å². The monoisotopic (exact) mass is 419 g/mol. The van der Waals surface area contributed by atoms with Crippen LogP contribution >= 0.6 is 0 Å². The molecule has 1 aromatic rings. The van der Waals surface area contributed by atoms with Gasteiger partial charge in [-0.25, -0.2) is 0 Å². The average Bonchev–Trinajstić information content (AvgIpc) is 2.66. The van der Waals surface area contributed by atoms with E-state index in [2.05, 4.69) is 113 Å². The number of nitrogens with zero attached hydrogens (tertiary/aromatic N) is 1. The Balaban J connectivity index is -0.0000000659. The van der Waals surface area contributed by atoms with Crippen molar-refractivity contribution >= 4 is 20.5 Å². The number of benzene rings is 1. The van der Waals surface area contributed by atoms with Gasteiger partial charge >= 0.3 is 155 Å². The molecule has 1 rings (SSSR count). The fourth-order valence-corrected chi connectivity index (χ4v) is 1.58. The average molecular weight is 418 g/mol. The van der Waals surface area contributed by atoms with Gasteiger partial charge in [-0.05, 0) is 0 Å². The van der Waals surface area contributed by atoms with Crippen LogP contribution in [-0.4, -0.2) is 34.0 Å². The molecule has 0 spiro atoms. The van der Waals surface area contributed by atoms with Crippen LogP contribution in [0.4, 0.5) is 0 Å². The van der Waals surface area contributed by atoms with E-state index in [9.17, 15) is 0 Å². The second kappa shape index (κ2) is 37.3. The second-order valence-electron chi connectivity index (χ2n) is 3.08. The van der Waals surface area contributed by atoms with Crippen molar-refractivity contribution in [1.82, 2.24) is 4.90 Å². The first-order valence-corrected chi connectivity index (χ1v) is 7.31. The van der Waals surface area contributed by atoms with E-state index in [-0.39, 0.29) is 0 Å². The normalized spacial score (nSPS) is 6.22. The van der Waals surface area contributed by atoms with Crippen LogP contribution in [-0.2, 0) is 34.3 Å². The summed E-state index contributed by atoms with van der Waals surface area (Å²) >= 11 is 5.65. The molecule has 0 heterocycles. The van der Waals surface area contributed by atoms with Gasteiger partial charge in [0.05, 0.1) is 0 Å². The van der Waals surface area contributed by atoms with Gasteiger partial charge < -0.3 is 0 Å². The molecule has 5 nitrogen and oxygen atoms in total. The second-order valence-corrected chi connectivity index (χ2v) is 4.35. The zero-order valence-electron chi connectivity index (χ0n) is 13.1. The van der Waals surface area contributed by atoms with Crippen molar-refractivity contribution in [2.45, 2.75) is 20.8 Å². The molecule has 0 amide bonds. The Morgan fingerprint density at radius 3 is 1.35 bits per heavy atom. The minimum atomic E-state index is 1.05. The topological polar surface area (TPSA) is 82.8 Å². The molecule has 0 saturated heterocycles. The summed E-state index contributed by atoms with van der Waals surface area (Å²) in [5.41, 5.74) is 1.31. The van der Waals surface area contributed by atoms with Crippen molar-refractivity contribution in [3.63, 3.8) is 0 Å². The first-order valence-electron chi connectivity index (χ1n) is 5.82. The van der Waals surface area contributed by atoms with Crippen LogP contribution in [0.15, 0.2) is 24.3 Å². The Kier molecular flexibility index (Phi) is 54.4. The molecule has 0 unspecified atom stereocenters. The van der Waals surface area contributed by atoms with E-state index in [4.69, 9.17) is 18.6 Å². The zero-order chi connectivity index (χ0) is 19.7. The van der Waals surface area contributed by atoms with Gasteiger partial charge in [-0.1, -0.05) is 0 Å². The molecule has 0 aliphatic rings. The quantitative estimate of drug-likeness (QED) is 0.310. The van der Waals surface area contributed by atoms with E-state index in [1.807, 2.05) is 0 Å². The minimum absolute atomic E-state index is 1.05. The van der Waals surface area contributed by atoms with Gasteiger partial charge in [0.1, 0.15) is 0 Å². The third-order valence-corrected chi connectivity index (χ3v) is 2.89. The first kappa shape index (κ1) is 33.5. The number of hydrogen-bond donors (Lipinski definition) is 0. The molecule has 0 aliphatic carbocycles. The molecule has 0 aromatic heterocycles. The Labute approximate surface area is 154 Å².